The van der Waals surface area contributed by atoms with Gasteiger partial charge in [-0.25, -0.2) is 4.98 Å². The molecule has 7 nitrogen and oxygen atoms in total. The number of nitrogens with zero attached hydrogens (tertiary/aromatic N) is 1. The Bertz CT molecular complexity index is 889. The van der Waals surface area contributed by atoms with Gasteiger partial charge in [-0.2, -0.15) is 0 Å². The molecule has 0 saturated carbocycles. The predicted molar refractivity (Wildman–Crippen MR) is 95.6 cm³/mol. The molecule has 0 spiro atoms. The van der Waals surface area contributed by atoms with Crippen LogP contribution in [0, 0.1) is 6.92 Å². The van der Waals surface area contributed by atoms with Crippen molar-refractivity contribution in [2.75, 3.05) is 0 Å². The van der Waals surface area contributed by atoms with Gasteiger partial charge in [0.25, 0.3) is 0 Å². The summed E-state index contributed by atoms with van der Waals surface area (Å²) in [5.41, 5.74) is 5.32. The van der Waals surface area contributed by atoms with Crippen LogP contribution in [0.15, 0.2) is 52.3 Å². The number of hydrogen-bond donors (Lipinski definition) is 2. The highest BCUT2D eigenvalue weighted by Gasteiger charge is 2.13. The fourth-order valence-electron chi connectivity index (χ4n) is 2.13. The van der Waals surface area contributed by atoms with E-state index in [2.05, 4.69) is 15.8 Å². The molecule has 3 aromatic rings. The molecule has 0 unspecified atom stereocenters. The van der Waals surface area contributed by atoms with Crippen molar-refractivity contribution >= 4 is 23.2 Å². The Morgan fingerprint density at radius 3 is 2.69 bits per heavy atom. The summed E-state index contributed by atoms with van der Waals surface area (Å²) < 4.78 is 11.0. The van der Waals surface area contributed by atoms with Gasteiger partial charge in [0.2, 0.25) is 5.91 Å². The summed E-state index contributed by atoms with van der Waals surface area (Å²) in [5, 5.41) is 2.69. The third-order valence-electron chi connectivity index (χ3n) is 3.33. The normalized spacial score (nSPS) is 10.3. The minimum absolute atomic E-state index is 0.0847. The summed E-state index contributed by atoms with van der Waals surface area (Å²) in [6.45, 7) is 2.07. The number of nitrogens with one attached hydrogen (secondary N) is 2. The number of thiazole rings is 1. The van der Waals surface area contributed by atoms with E-state index >= 15 is 0 Å². The number of carbonyl (C=O) groups excluding carboxylic acids is 2. The van der Waals surface area contributed by atoms with E-state index in [-0.39, 0.29) is 24.7 Å². The van der Waals surface area contributed by atoms with Gasteiger partial charge >= 0.3 is 5.91 Å². The number of hydrogen-bond acceptors (Lipinski definition) is 6. The second kappa shape index (κ2) is 8.30. The highest BCUT2D eigenvalue weighted by molar-refractivity contribution is 7.09. The topological polar surface area (TPSA) is 93.5 Å². The van der Waals surface area contributed by atoms with E-state index < -0.39 is 5.91 Å². The van der Waals surface area contributed by atoms with Crippen LogP contribution in [0.25, 0.3) is 0 Å². The zero-order chi connectivity index (χ0) is 18.4. The molecule has 134 valence electrons. The molecule has 0 aliphatic carbocycles. The Morgan fingerprint density at radius 2 is 1.96 bits per heavy atom. The molecule has 0 radical (unpaired) electrons. The lowest BCUT2D eigenvalue weighted by atomic mass is 10.3. The van der Waals surface area contributed by atoms with Crippen LogP contribution in [0.3, 0.4) is 0 Å². The number of aryl methyl sites for hydroxylation is 1. The molecule has 0 fully saturated rings. The summed E-state index contributed by atoms with van der Waals surface area (Å²) in [5.74, 6) is 0.394. The van der Waals surface area contributed by atoms with Crippen LogP contribution in [0.5, 0.6) is 5.75 Å². The lowest BCUT2D eigenvalue weighted by Gasteiger charge is -2.05. The van der Waals surface area contributed by atoms with E-state index in [0.29, 0.717) is 17.2 Å². The molecule has 2 amide bonds. The smallest absolute Gasteiger partial charge is 0.305 e. The summed E-state index contributed by atoms with van der Waals surface area (Å²) >= 11 is 1.47. The van der Waals surface area contributed by atoms with Crippen LogP contribution in [0.2, 0.25) is 0 Å². The maximum atomic E-state index is 12.0. The summed E-state index contributed by atoms with van der Waals surface area (Å²) in [6.07, 6.45) is 0.0962. The van der Waals surface area contributed by atoms with Crippen molar-refractivity contribution < 1.29 is 18.7 Å². The number of carbonyl (C=O) groups is 2. The number of para-hydroxylation sites is 1. The zero-order valence-corrected chi connectivity index (χ0v) is 14.8. The number of aromatic nitrogens is 1. The Labute approximate surface area is 154 Å². The van der Waals surface area contributed by atoms with Gasteiger partial charge in [0.05, 0.1) is 17.1 Å². The standard InChI is InChI=1S/C18H17N3O4S/c1-12-19-13(11-26-12)9-17(22)20-21-18(23)16-8-7-15(25-16)10-24-14-5-3-2-4-6-14/h2-8,11H,9-10H2,1H3,(H,20,22)(H,21,23). The van der Waals surface area contributed by atoms with Gasteiger partial charge in [-0.05, 0) is 31.2 Å². The molecule has 2 heterocycles. The molecule has 0 aliphatic heterocycles. The second-order valence-corrected chi connectivity index (χ2v) is 6.47. The highest BCUT2D eigenvalue weighted by Crippen LogP contribution is 2.14. The lowest BCUT2D eigenvalue weighted by molar-refractivity contribution is -0.121. The largest absolute Gasteiger partial charge is 0.486 e. The molecular weight excluding hydrogens is 354 g/mol. The maximum Gasteiger partial charge on any atom is 0.305 e. The molecule has 2 N–H and O–H groups in total. The van der Waals surface area contributed by atoms with Crippen molar-refractivity contribution in [1.82, 2.24) is 15.8 Å². The van der Waals surface area contributed by atoms with E-state index in [1.807, 2.05) is 42.6 Å². The van der Waals surface area contributed by atoms with Gasteiger partial charge in [-0.3, -0.25) is 20.4 Å². The first kappa shape index (κ1) is 17.7. The Kier molecular flexibility index (Phi) is 5.65. The average molecular weight is 371 g/mol. The minimum atomic E-state index is -0.543. The van der Waals surface area contributed by atoms with E-state index in [1.165, 1.54) is 17.4 Å². The second-order valence-electron chi connectivity index (χ2n) is 5.40. The van der Waals surface area contributed by atoms with Crippen LogP contribution < -0.4 is 15.6 Å². The van der Waals surface area contributed by atoms with Gasteiger partial charge in [0.15, 0.2) is 5.76 Å². The van der Waals surface area contributed by atoms with Crippen LogP contribution in [0.4, 0.5) is 0 Å². The summed E-state index contributed by atoms with van der Waals surface area (Å²) in [7, 11) is 0. The fourth-order valence-corrected chi connectivity index (χ4v) is 2.75. The SMILES string of the molecule is Cc1nc(CC(=O)NNC(=O)c2ccc(COc3ccccc3)o2)cs1. The molecule has 0 saturated heterocycles. The number of furan rings is 1. The van der Waals surface area contributed by atoms with Gasteiger partial charge in [-0.15, -0.1) is 11.3 Å². The molecule has 26 heavy (non-hydrogen) atoms. The van der Waals surface area contributed by atoms with Crippen molar-refractivity contribution in [2.45, 2.75) is 20.0 Å². The monoisotopic (exact) mass is 371 g/mol. The van der Waals surface area contributed by atoms with E-state index in [1.54, 1.807) is 6.07 Å². The summed E-state index contributed by atoms with van der Waals surface area (Å²) in [4.78, 5) is 28.0. The maximum absolute atomic E-state index is 12.0. The Hall–Kier alpha value is -3.13. The molecule has 0 aliphatic rings. The van der Waals surface area contributed by atoms with E-state index in [9.17, 15) is 9.59 Å². The zero-order valence-electron chi connectivity index (χ0n) is 14.0. The fraction of sp³-hybridized carbons (Fsp3) is 0.167. The van der Waals surface area contributed by atoms with Crippen molar-refractivity contribution in [1.29, 1.82) is 0 Å². The van der Waals surface area contributed by atoms with Gasteiger partial charge in [0, 0.05) is 5.38 Å². The van der Waals surface area contributed by atoms with E-state index in [0.717, 1.165) is 5.01 Å². The molecule has 0 bridgehead atoms. The first-order valence-electron chi connectivity index (χ1n) is 7.87. The number of benzene rings is 1. The van der Waals surface area contributed by atoms with Crippen molar-refractivity contribution in [2.24, 2.45) is 0 Å². The Balaban J connectivity index is 1.46. The number of ether oxygens (including phenoxy) is 1. The first-order valence-corrected chi connectivity index (χ1v) is 8.75. The van der Waals surface area contributed by atoms with Crippen molar-refractivity contribution in [3.63, 3.8) is 0 Å². The van der Waals surface area contributed by atoms with Gasteiger partial charge in [-0.1, -0.05) is 18.2 Å². The molecule has 1 aromatic carbocycles. The van der Waals surface area contributed by atoms with Crippen molar-refractivity contribution in [3.8, 4) is 5.75 Å². The number of hydrazine groups is 1. The number of amides is 2. The highest BCUT2D eigenvalue weighted by atomic mass is 32.1. The van der Waals surface area contributed by atoms with Crippen LogP contribution in [-0.2, 0) is 17.8 Å². The Morgan fingerprint density at radius 1 is 1.15 bits per heavy atom. The predicted octanol–water partition coefficient (Wildman–Crippen LogP) is 2.63. The first-order chi connectivity index (χ1) is 12.6. The van der Waals surface area contributed by atoms with E-state index in [4.69, 9.17) is 9.15 Å². The third kappa shape index (κ3) is 4.93. The average Bonchev–Trinajstić information content (AvgIpc) is 3.28. The third-order valence-corrected chi connectivity index (χ3v) is 4.16. The molecule has 0 atom stereocenters. The number of rotatable bonds is 6. The minimum Gasteiger partial charge on any atom is -0.486 e. The molecular formula is C18H17N3O4S. The lowest BCUT2D eigenvalue weighted by Crippen LogP contribution is -2.42. The molecule has 8 heteroatoms. The van der Waals surface area contributed by atoms with Crippen molar-refractivity contribution in [3.05, 3.63) is 70.1 Å². The quantitative estimate of drug-likeness (QED) is 0.650. The van der Waals surface area contributed by atoms with Crippen LogP contribution in [-0.4, -0.2) is 16.8 Å². The summed E-state index contributed by atoms with van der Waals surface area (Å²) in [6, 6.07) is 12.5. The van der Waals surface area contributed by atoms with Gasteiger partial charge < -0.3 is 9.15 Å². The van der Waals surface area contributed by atoms with Crippen LogP contribution in [0.1, 0.15) is 27.0 Å². The van der Waals surface area contributed by atoms with Gasteiger partial charge in [0.1, 0.15) is 18.1 Å². The molecule has 3 rings (SSSR count). The molecule has 2 aromatic heterocycles. The van der Waals surface area contributed by atoms with Crippen LogP contribution >= 0.6 is 11.3 Å².